The summed E-state index contributed by atoms with van der Waals surface area (Å²) in [4.78, 5) is 8.13. The molecule has 4 heteroatoms. The molecule has 1 aromatic rings. The predicted octanol–water partition coefficient (Wildman–Crippen LogP) is -0.353. The van der Waals surface area contributed by atoms with Crippen molar-refractivity contribution < 1.29 is 5.11 Å². The van der Waals surface area contributed by atoms with Gasteiger partial charge in [-0.15, -0.1) is 0 Å². The number of nitrogens with zero attached hydrogens (tertiary/aromatic N) is 2. The largest absolute Gasteiger partial charge is 0.395 e. The highest BCUT2D eigenvalue weighted by Crippen LogP contribution is 1.96. The molecule has 1 atom stereocenters. The molecule has 1 unspecified atom stereocenters. The van der Waals surface area contributed by atoms with Gasteiger partial charge >= 0.3 is 0 Å². The Balaban J connectivity index is 2.58. The summed E-state index contributed by atoms with van der Waals surface area (Å²) in [5.41, 5.74) is 6.54. The third kappa shape index (κ3) is 2.56. The molecule has 66 valence electrons. The SMILES string of the molecule is Cc1cnc(CC(N)CO)nc1. The van der Waals surface area contributed by atoms with Crippen molar-refractivity contribution in [2.75, 3.05) is 6.61 Å². The molecule has 0 radical (unpaired) electrons. The molecule has 0 aliphatic carbocycles. The molecule has 0 bridgehead atoms. The first-order chi connectivity index (χ1) is 5.72. The fraction of sp³-hybridized carbons (Fsp3) is 0.500. The Bertz CT molecular complexity index is 235. The minimum atomic E-state index is -0.257. The van der Waals surface area contributed by atoms with E-state index >= 15 is 0 Å². The number of aliphatic hydroxyl groups excluding tert-OH is 1. The second-order valence-corrected chi connectivity index (χ2v) is 2.82. The van der Waals surface area contributed by atoms with Gasteiger partial charge in [-0.1, -0.05) is 0 Å². The van der Waals surface area contributed by atoms with Gasteiger partial charge in [-0.2, -0.15) is 0 Å². The van der Waals surface area contributed by atoms with Crippen LogP contribution in [-0.4, -0.2) is 27.7 Å². The van der Waals surface area contributed by atoms with Crippen molar-refractivity contribution in [3.63, 3.8) is 0 Å². The van der Waals surface area contributed by atoms with Crippen LogP contribution >= 0.6 is 0 Å². The van der Waals surface area contributed by atoms with Gasteiger partial charge < -0.3 is 10.8 Å². The molecule has 0 saturated heterocycles. The zero-order chi connectivity index (χ0) is 8.97. The molecule has 0 amide bonds. The monoisotopic (exact) mass is 167 g/mol. The Kier molecular flexibility index (Phi) is 3.13. The first-order valence-corrected chi connectivity index (χ1v) is 3.86. The van der Waals surface area contributed by atoms with E-state index in [1.807, 2.05) is 6.92 Å². The van der Waals surface area contributed by atoms with Crippen LogP contribution in [0.4, 0.5) is 0 Å². The van der Waals surface area contributed by atoms with Gasteiger partial charge in [-0.3, -0.25) is 0 Å². The summed E-state index contributed by atoms with van der Waals surface area (Å²) in [6.45, 7) is 1.90. The highest BCUT2D eigenvalue weighted by Gasteiger charge is 2.03. The Hall–Kier alpha value is -1.00. The summed E-state index contributed by atoms with van der Waals surface area (Å²) in [5.74, 6) is 0.683. The van der Waals surface area contributed by atoms with Crippen LogP contribution in [0, 0.1) is 6.92 Å². The molecular weight excluding hydrogens is 154 g/mol. The van der Waals surface area contributed by atoms with E-state index in [2.05, 4.69) is 9.97 Å². The third-order valence-corrected chi connectivity index (χ3v) is 1.51. The van der Waals surface area contributed by atoms with E-state index in [9.17, 15) is 0 Å². The number of nitrogens with two attached hydrogens (primary N) is 1. The maximum atomic E-state index is 8.67. The summed E-state index contributed by atoms with van der Waals surface area (Å²) in [6, 6.07) is -0.257. The maximum absolute atomic E-state index is 8.67. The smallest absolute Gasteiger partial charge is 0.129 e. The number of hydrogen-bond donors (Lipinski definition) is 2. The molecule has 0 aliphatic rings. The van der Waals surface area contributed by atoms with E-state index in [4.69, 9.17) is 10.8 Å². The molecule has 4 nitrogen and oxygen atoms in total. The van der Waals surface area contributed by atoms with Crippen molar-refractivity contribution >= 4 is 0 Å². The van der Waals surface area contributed by atoms with Crippen LogP contribution in [-0.2, 0) is 6.42 Å². The van der Waals surface area contributed by atoms with Crippen LogP contribution in [0.1, 0.15) is 11.4 Å². The Labute approximate surface area is 71.5 Å². The highest BCUT2D eigenvalue weighted by atomic mass is 16.3. The lowest BCUT2D eigenvalue weighted by molar-refractivity contribution is 0.264. The van der Waals surface area contributed by atoms with Gasteiger partial charge in [0.25, 0.3) is 0 Å². The van der Waals surface area contributed by atoms with Crippen LogP contribution < -0.4 is 5.73 Å². The maximum Gasteiger partial charge on any atom is 0.129 e. The van der Waals surface area contributed by atoms with E-state index in [-0.39, 0.29) is 12.6 Å². The average molecular weight is 167 g/mol. The number of rotatable bonds is 3. The number of aliphatic hydroxyl groups is 1. The van der Waals surface area contributed by atoms with Gasteiger partial charge in [0.05, 0.1) is 6.61 Å². The van der Waals surface area contributed by atoms with Gasteiger partial charge in [0.15, 0.2) is 0 Å². The molecule has 0 spiro atoms. The second kappa shape index (κ2) is 4.13. The van der Waals surface area contributed by atoms with Crippen LogP contribution in [0.15, 0.2) is 12.4 Å². The van der Waals surface area contributed by atoms with Crippen molar-refractivity contribution in [3.8, 4) is 0 Å². The Morgan fingerprint density at radius 1 is 1.50 bits per heavy atom. The van der Waals surface area contributed by atoms with E-state index in [1.54, 1.807) is 12.4 Å². The molecule has 0 aromatic carbocycles. The molecular formula is C8H13N3O. The fourth-order valence-corrected chi connectivity index (χ4v) is 0.824. The van der Waals surface area contributed by atoms with Crippen molar-refractivity contribution in [1.29, 1.82) is 0 Å². The van der Waals surface area contributed by atoms with Gasteiger partial charge in [0, 0.05) is 24.9 Å². The lowest BCUT2D eigenvalue weighted by atomic mass is 10.2. The van der Waals surface area contributed by atoms with E-state index in [0.717, 1.165) is 5.56 Å². The van der Waals surface area contributed by atoms with Crippen LogP contribution in [0.5, 0.6) is 0 Å². The standard InChI is InChI=1S/C8H13N3O/c1-6-3-10-8(11-4-6)2-7(9)5-12/h3-4,7,12H,2,5,9H2,1H3. The summed E-state index contributed by atoms with van der Waals surface area (Å²) >= 11 is 0. The van der Waals surface area contributed by atoms with Crippen molar-refractivity contribution in [2.45, 2.75) is 19.4 Å². The fourth-order valence-electron chi connectivity index (χ4n) is 0.824. The summed E-state index contributed by atoms with van der Waals surface area (Å²) in [7, 11) is 0. The normalized spacial score (nSPS) is 12.9. The van der Waals surface area contributed by atoms with E-state index in [0.29, 0.717) is 12.2 Å². The van der Waals surface area contributed by atoms with Crippen LogP contribution in [0.25, 0.3) is 0 Å². The topological polar surface area (TPSA) is 72.0 Å². The van der Waals surface area contributed by atoms with Crippen molar-refractivity contribution in [3.05, 3.63) is 23.8 Å². The Morgan fingerprint density at radius 3 is 2.58 bits per heavy atom. The van der Waals surface area contributed by atoms with Crippen molar-refractivity contribution in [1.82, 2.24) is 9.97 Å². The van der Waals surface area contributed by atoms with Crippen LogP contribution in [0.3, 0.4) is 0 Å². The number of aromatic nitrogens is 2. The molecule has 1 rings (SSSR count). The lowest BCUT2D eigenvalue weighted by Gasteiger charge is -2.05. The summed E-state index contributed by atoms with van der Waals surface area (Å²) in [6.07, 6.45) is 4.01. The summed E-state index contributed by atoms with van der Waals surface area (Å²) in [5, 5.41) is 8.67. The molecule has 0 fully saturated rings. The first kappa shape index (κ1) is 9.09. The number of aryl methyl sites for hydroxylation is 1. The molecule has 1 heterocycles. The lowest BCUT2D eigenvalue weighted by Crippen LogP contribution is -2.27. The minimum Gasteiger partial charge on any atom is -0.395 e. The molecule has 0 aliphatic heterocycles. The zero-order valence-corrected chi connectivity index (χ0v) is 7.07. The van der Waals surface area contributed by atoms with E-state index < -0.39 is 0 Å². The highest BCUT2D eigenvalue weighted by molar-refractivity contribution is 5.02. The minimum absolute atomic E-state index is 0.0305. The van der Waals surface area contributed by atoms with E-state index in [1.165, 1.54) is 0 Å². The van der Waals surface area contributed by atoms with Gasteiger partial charge in [0.2, 0.25) is 0 Å². The average Bonchev–Trinajstić information content (AvgIpc) is 2.09. The predicted molar refractivity (Wildman–Crippen MR) is 45.5 cm³/mol. The third-order valence-electron chi connectivity index (χ3n) is 1.51. The summed E-state index contributed by atoms with van der Waals surface area (Å²) < 4.78 is 0. The van der Waals surface area contributed by atoms with Crippen molar-refractivity contribution in [2.24, 2.45) is 5.73 Å². The van der Waals surface area contributed by atoms with Gasteiger partial charge in [0.1, 0.15) is 5.82 Å². The Morgan fingerprint density at radius 2 is 2.08 bits per heavy atom. The second-order valence-electron chi connectivity index (χ2n) is 2.82. The van der Waals surface area contributed by atoms with Gasteiger partial charge in [-0.25, -0.2) is 9.97 Å². The first-order valence-electron chi connectivity index (χ1n) is 3.86. The molecule has 0 saturated carbocycles. The number of hydrogen-bond acceptors (Lipinski definition) is 4. The van der Waals surface area contributed by atoms with Gasteiger partial charge in [-0.05, 0) is 12.5 Å². The molecule has 12 heavy (non-hydrogen) atoms. The molecule has 1 aromatic heterocycles. The van der Waals surface area contributed by atoms with Crippen LogP contribution in [0.2, 0.25) is 0 Å². The molecule has 3 N–H and O–H groups in total. The quantitative estimate of drug-likeness (QED) is 0.645. The zero-order valence-electron chi connectivity index (χ0n) is 7.07.